The summed E-state index contributed by atoms with van der Waals surface area (Å²) in [7, 11) is 1.38. The molecule has 108 valence electrons. The first-order valence-electron chi connectivity index (χ1n) is 6.58. The first kappa shape index (κ1) is 12.6. The maximum atomic E-state index is 12.5. The van der Waals surface area contributed by atoms with Crippen LogP contribution in [-0.2, 0) is 0 Å². The van der Waals surface area contributed by atoms with Crippen molar-refractivity contribution < 1.29 is 14.4 Å². The largest absolute Gasteiger partial charge is 0.413 e. The first-order valence-corrected chi connectivity index (χ1v) is 6.58. The van der Waals surface area contributed by atoms with E-state index < -0.39 is 11.8 Å². The van der Waals surface area contributed by atoms with E-state index in [4.69, 9.17) is 4.84 Å². The summed E-state index contributed by atoms with van der Waals surface area (Å²) in [5, 5.41) is 4.78. The highest BCUT2D eigenvalue weighted by atomic mass is 16.6. The van der Waals surface area contributed by atoms with Crippen LogP contribution in [0.2, 0.25) is 0 Å². The van der Waals surface area contributed by atoms with Crippen molar-refractivity contribution in [3.8, 4) is 0 Å². The van der Waals surface area contributed by atoms with Crippen LogP contribution < -0.4 is 21.1 Å². The quantitative estimate of drug-likeness (QED) is 0.652. The van der Waals surface area contributed by atoms with E-state index in [9.17, 15) is 14.4 Å². The van der Waals surface area contributed by atoms with Gasteiger partial charge in [-0.25, -0.2) is 0 Å². The van der Waals surface area contributed by atoms with Crippen molar-refractivity contribution in [3.63, 3.8) is 0 Å². The Morgan fingerprint density at radius 3 is 2.14 bits per heavy atom. The summed E-state index contributed by atoms with van der Waals surface area (Å²) in [5.74, 6) is -0.929. The lowest BCUT2D eigenvalue weighted by Crippen LogP contribution is -2.38. The van der Waals surface area contributed by atoms with Crippen molar-refractivity contribution in [2.75, 3.05) is 7.11 Å². The molecule has 22 heavy (non-hydrogen) atoms. The van der Waals surface area contributed by atoms with Crippen molar-refractivity contribution in [2.24, 2.45) is 0 Å². The van der Waals surface area contributed by atoms with E-state index in [-0.39, 0.29) is 5.56 Å². The molecule has 0 aliphatic carbocycles. The van der Waals surface area contributed by atoms with E-state index >= 15 is 0 Å². The van der Waals surface area contributed by atoms with Gasteiger partial charge < -0.3 is 4.84 Å². The van der Waals surface area contributed by atoms with Crippen molar-refractivity contribution in [3.05, 3.63) is 51.1 Å². The molecule has 1 aromatic heterocycles. The predicted octanol–water partition coefficient (Wildman–Crippen LogP) is 0.226. The van der Waals surface area contributed by atoms with Crippen molar-refractivity contribution >= 4 is 39.9 Å². The third-order valence-electron chi connectivity index (χ3n) is 4.03. The molecule has 6 heteroatoms. The molecule has 2 heterocycles. The molecule has 0 radical (unpaired) electrons. The number of aromatic nitrogens is 1. The Bertz CT molecular complexity index is 1030. The summed E-state index contributed by atoms with van der Waals surface area (Å²) >= 11 is 0. The van der Waals surface area contributed by atoms with E-state index in [0.717, 1.165) is 4.73 Å². The summed E-state index contributed by atoms with van der Waals surface area (Å²) in [5.41, 5.74) is 0.380. The zero-order valence-electron chi connectivity index (χ0n) is 11.6. The summed E-state index contributed by atoms with van der Waals surface area (Å²) in [6.07, 6.45) is 0. The topological polar surface area (TPSA) is 77.4 Å². The second-order valence-corrected chi connectivity index (χ2v) is 5.08. The van der Waals surface area contributed by atoms with Gasteiger partial charge in [-0.05, 0) is 18.2 Å². The second-order valence-electron chi connectivity index (χ2n) is 5.08. The molecule has 0 saturated heterocycles. The maximum Gasteiger partial charge on any atom is 0.291 e. The zero-order chi connectivity index (χ0) is 15.6. The standard InChI is InChI=1S/C16H10N2O4/c1-7-8-3-4-9-13-10(15(20)17-14(9)19)5-6-11(12(8)13)16(21)18(7)22-2/h3-6H,1H2,2H3,(H,17,19,20). The minimum atomic E-state index is -0.464. The van der Waals surface area contributed by atoms with Crippen LogP contribution in [0.3, 0.4) is 0 Å². The molecule has 0 spiro atoms. The van der Waals surface area contributed by atoms with Gasteiger partial charge in [-0.1, -0.05) is 12.6 Å². The van der Waals surface area contributed by atoms with Crippen LogP contribution in [0.5, 0.6) is 0 Å². The minimum absolute atomic E-state index is 0.373. The van der Waals surface area contributed by atoms with Gasteiger partial charge in [0.1, 0.15) is 7.11 Å². The van der Waals surface area contributed by atoms with Gasteiger partial charge in [0.05, 0.1) is 10.7 Å². The smallest absolute Gasteiger partial charge is 0.291 e. The molecule has 0 unspecified atom stereocenters. The molecular weight excluding hydrogens is 284 g/mol. The molecule has 0 fully saturated rings. The third-order valence-corrected chi connectivity index (χ3v) is 4.03. The van der Waals surface area contributed by atoms with Crippen LogP contribution in [0.25, 0.3) is 28.1 Å². The number of hydrogen-bond donors (Lipinski definition) is 1. The van der Waals surface area contributed by atoms with Gasteiger partial charge >= 0.3 is 0 Å². The van der Waals surface area contributed by atoms with E-state index in [1.807, 2.05) is 0 Å². The number of amides is 2. The lowest BCUT2D eigenvalue weighted by Gasteiger charge is -2.19. The molecule has 2 amide bonds. The van der Waals surface area contributed by atoms with Crippen LogP contribution >= 0.6 is 0 Å². The first-order chi connectivity index (χ1) is 10.5. The van der Waals surface area contributed by atoms with Gasteiger partial charge in [0.2, 0.25) is 0 Å². The average molecular weight is 294 g/mol. The third kappa shape index (κ3) is 1.31. The van der Waals surface area contributed by atoms with Gasteiger partial charge in [0, 0.05) is 27.3 Å². The SMILES string of the molecule is C=c1c2ccc3c4c(ccc(c(=O)n1OC)c42)C(=O)NC3=O. The summed E-state index contributed by atoms with van der Waals surface area (Å²) in [6.45, 7) is 3.88. The van der Waals surface area contributed by atoms with Crippen molar-refractivity contribution in [1.82, 2.24) is 10.0 Å². The average Bonchev–Trinajstić information content (AvgIpc) is 2.51. The van der Waals surface area contributed by atoms with E-state index in [1.54, 1.807) is 24.3 Å². The number of nitrogens with zero attached hydrogens (tertiary/aromatic N) is 1. The van der Waals surface area contributed by atoms with Gasteiger partial charge in [0.25, 0.3) is 17.4 Å². The molecule has 1 aliphatic rings. The van der Waals surface area contributed by atoms with Crippen molar-refractivity contribution in [2.45, 2.75) is 0 Å². The van der Waals surface area contributed by atoms with E-state index in [0.29, 0.717) is 38.0 Å². The Morgan fingerprint density at radius 2 is 1.55 bits per heavy atom. The molecule has 0 bridgehead atoms. The summed E-state index contributed by atoms with van der Waals surface area (Å²) in [6, 6.07) is 6.45. The van der Waals surface area contributed by atoms with Crippen LogP contribution in [0.4, 0.5) is 0 Å². The molecule has 2 aromatic carbocycles. The van der Waals surface area contributed by atoms with Gasteiger partial charge in [-0.15, -0.1) is 4.73 Å². The number of carbonyl (C=O) groups is 2. The van der Waals surface area contributed by atoms with Crippen LogP contribution in [0.15, 0.2) is 29.1 Å². The lowest BCUT2D eigenvalue weighted by molar-refractivity contribution is 0.0845. The van der Waals surface area contributed by atoms with Crippen LogP contribution in [0.1, 0.15) is 20.7 Å². The minimum Gasteiger partial charge on any atom is -0.413 e. The van der Waals surface area contributed by atoms with Crippen LogP contribution in [-0.4, -0.2) is 23.7 Å². The fourth-order valence-electron chi connectivity index (χ4n) is 3.06. The number of rotatable bonds is 1. The number of carbonyl (C=O) groups excluding carboxylic acids is 2. The Labute approximate surface area is 123 Å². The monoisotopic (exact) mass is 294 g/mol. The number of pyridine rings is 1. The van der Waals surface area contributed by atoms with Crippen molar-refractivity contribution in [1.29, 1.82) is 0 Å². The van der Waals surface area contributed by atoms with E-state index in [2.05, 4.69) is 11.9 Å². The summed E-state index contributed by atoms with van der Waals surface area (Å²) in [4.78, 5) is 41.6. The molecule has 0 atom stereocenters. The fraction of sp³-hybridized carbons (Fsp3) is 0.0625. The van der Waals surface area contributed by atoms with Crippen LogP contribution in [0, 0.1) is 0 Å². The highest BCUT2D eigenvalue weighted by molar-refractivity contribution is 6.30. The van der Waals surface area contributed by atoms with Gasteiger partial charge in [-0.2, -0.15) is 0 Å². The summed E-state index contributed by atoms with van der Waals surface area (Å²) < 4.78 is 1.10. The molecular formula is C16H10N2O4. The molecule has 3 aromatic rings. The lowest BCUT2D eigenvalue weighted by atomic mass is 9.91. The second kappa shape index (κ2) is 3.94. The molecule has 1 N–H and O–H groups in total. The zero-order valence-corrected chi connectivity index (χ0v) is 11.6. The fourth-order valence-corrected chi connectivity index (χ4v) is 3.06. The number of hydrogen-bond acceptors (Lipinski definition) is 4. The van der Waals surface area contributed by atoms with Gasteiger partial charge in [0.15, 0.2) is 0 Å². The van der Waals surface area contributed by atoms with E-state index in [1.165, 1.54) is 7.11 Å². The highest BCUT2D eigenvalue weighted by Crippen LogP contribution is 2.31. The maximum absolute atomic E-state index is 12.5. The Kier molecular flexibility index (Phi) is 2.25. The normalized spacial score (nSPS) is 13.7. The molecule has 4 rings (SSSR count). The Hall–Kier alpha value is -3.15. The molecule has 1 aliphatic heterocycles. The Balaban J connectivity index is 2.40. The Morgan fingerprint density at radius 1 is 0.955 bits per heavy atom. The van der Waals surface area contributed by atoms with Gasteiger partial charge in [-0.3, -0.25) is 19.7 Å². The predicted molar refractivity (Wildman–Crippen MR) is 80.8 cm³/mol. The molecule has 0 saturated carbocycles. The number of nitrogens with one attached hydrogen (secondary N) is 1. The number of imide groups is 1. The number of benzene rings is 2. The highest BCUT2D eigenvalue weighted by Gasteiger charge is 2.27. The molecule has 6 nitrogen and oxygen atoms in total.